The molecule has 0 aromatic carbocycles. The van der Waals surface area contributed by atoms with Crippen LogP contribution in [-0.2, 0) is 4.74 Å². The highest BCUT2D eigenvalue weighted by Gasteiger charge is 2.18. The van der Waals surface area contributed by atoms with E-state index >= 15 is 0 Å². The van der Waals surface area contributed by atoms with Crippen molar-refractivity contribution in [1.82, 2.24) is 5.32 Å². The van der Waals surface area contributed by atoms with Crippen LogP contribution < -0.4 is 5.32 Å². The first-order valence-electron chi connectivity index (χ1n) is 4.54. The van der Waals surface area contributed by atoms with Gasteiger partial charge in [-0.3, -0.25) is 0 Å². The fourth-order valence-electron chi connectivity index (χ4n) is 1.76. The molecule has 2 nitrogen and oxygen atoms in total. The van der Waals surface area contributed by atoms with Crippen LogP contribution in [-0.4, -0.2) is 26.8 Å². The number of rotatable bonds is 3. The predicted octanol–water partition coefficient (Wildman–Crippen LogP) is 1.27. The minimum absolute atomic E-state index is 0.716. The number of methoxy groups -OCH3 is 1. The van der Waals surface area contributed by atoms with Gasteiger partial charge < -0.3 is 10.1 Å². The Labute approximate surface area is 69.3 Å². The van der Waals surface area contributed by atoms with Crippen molar-refractivity contribution in [3.63, 3.8) is 0 Å². The van der Waals surface area contributed by atoms with Crippen molar-refractivity contribution < 1.29 is 4.74 Å². The van der Waals surface area contributed by atoms with E-state index < -0.39 is 0 Å². The Morgan fingerprint density at radius 1 is 1.64 bits per heavy atom. The molecule has 0 spiro atoms. The fourth-order valence-corrected chi connectivity index (χ4v) is 1.76. The highest BCUT2D eigenvalue weighted by molar-refractivity contribution is 4.73. The number of hydrogen-bond acceptors (Lipinski definition) is 2. The highest BCUT2D eigenvalue weighted by atomic mass is 16.5. The van der Waals surface area contributed by atoms with Crippen molar-refractivity contribution in [2.75, 3.05) is 26.8 Å². The van der Waals surface area contributed by atoms with Crippen LogP contribution in [0.2, 0.25) is 0 Å². The summed E-state index contributed by atoms with van der Waals surface area (Å²) in [4.78, 5) is 0. The number of piperidine rings is 1. The third-order valence-corrected chi connectivity index (χ3v) is 2.57. The van der Waals surface area contributed by atoms with Crippen molar-refractivity contribution in [3.05, 3.63) is 0 Å². The minimum atomic E-state index is 0.716. The SMILES string of the molecule is COCC(C)C1CCCNC1. The summed E-state index contributed by atoms with van der Waals surface area (Å²) in [5, 5.41) is 3.42. The molecule has 1 fully saturated rings. The topological polar surface area (TPSA) is 21.3 Å². The van der Waals surface area contributed by atoms with Crippen molar-refractivity contribution >= 4 is 0 Å². The first kappa shape index (κ1) is 9.01. The number of nitrogens with one attached hydrogen (secondary N) is 1. The Bertz CT molecular complexity index is 99.7. The highest BCUT2D eigenvalue weighted by Crippen LogP contribution is 2.19. The lowest BCUT2D eigenvalue weighted by Gasteiger charge is -2.27. The maximum Gasteiger partial charge on any atom is 0.0490 e. The number of hydrogen-bond donors (Lipinski definition) is 1. The molecule has 0 radical (unpaired) electrons. The molecule has 0 saturated carbocycles. The van der Waals surface area contributed by atoms with E-state index in [0.717, 1.165) is 12.5 Å². The van der Waals surface area contributed by atoms with E-state index in [4.69, 9.17) is 4.74 Å². The van der Waals surface area contributed by atoms with Crippen LogP contribution in [0.1, 0.15) is 19.8 Å². The molecule has 66 valence electrons. The van der Waals surface area contributed by atoms with Crippen LogP contribution in [0.5, 0.6) is 0 Å². The average molecular weight is 157 g/mol. The molecule has 1 saturated heterocycles. The fraction of sp³-hybridized carbons (Fsp3) is 1.00. The first-order valence-corrected chi connectivity index (χ1v) is 4.54. The van der Waals surface area contributed by atoms with Crippen molar-refractivity contribution in [3.8, 4) is 0 Å². The van der Waals surface area contributed by atoms with Gasteiger partial charge in [0.1, 0.15) is 0 Å². The van der Waals surface area contributed by atoms with E-state index in [1.807, 2.05) is 0 Å². The summed E-state index contributed by atoms with van der Waals surface area (Å²) in [5.41, 5.74) is 0. The van der Waals surface area contributed by atoms with E-state index in [1.54, 1.807) is 7.11 Å². The molecule has 0 amide bonds. The van der Waals surface area contributed by atoms with Crippen LogP contribution in [0.15, 0.2) is 0 Å². The van der Waals surface area contributed by atoms with Gasteiger partial charge in [0.05, 0.1) is 0 Å². The van der Waals surface area contributed by atoms with Gasteiger partial charge >= 0.3 is 0 Å². The maximum atomic E-state index is 5.13. The zero-order valence-corrected chi connectivity index (χ0v) is 7.60. The summed E-state index contributed by atoms with van der Waals surface area (Å²) in [6.07, 6.45) is 2.70. The monoisotopic (exact) mass is 157 g/mol. The van der Waals surface area contributed by atoms with Crippen LogP contribution in [0.25, 0.3) is 0 Å². The van der Waals surface area contributed by atoms with Crippen molar-refractivity contribution in [1.29, 1.82) is 0 Å². The molecule has 0 aromatic rings. The van der Waals surface area contributed by atoms with Gasteiger partial charge in [0, 0.05) is 13.7 Å². The molecule has 1 heterocycles. The molecular formula is C9H19NO. The standard InChI is InChI=1S/C9H19NO/c1-8(7-11-2)9-4-3-5-10-6-9/h8-10H,3-7H2,1-2H3. The molecular weight excluding hydrogens is 138 g/mol. The normalized spacial score (nSPS) is 28.4. The Kier molecular flexibility index (Phi) is 3.87. The average Bonchev–Trinajstić information content (AvgIpc) is 2.07. The molecule has 1 N–H and O–H groups in total. The van der Waals surface area contributed by atoms with Crippen LogP contribution in [0.4, 0.5) is 0 Å². The summed E-state index contributed by atoms with van der Waals surface area (Å²) in [5.74, 6) is 1.55. The predicted molar refractivity (Wildman–Crippen MR) is 46.6 cm³/mol. The van der Waals surface area contributed by atoms with Gasteiger partial charge in [-0.1, -0.05) is 6.92 Å². The molecule has 2 heteroatoms. The second-order valence-corrected chi connectivity index (χ2v) is 3.54. The van der Waals surface area contributed by atoms with E-state index in [9.17, 15) is 0 Å². The van der Waals surface area contributed by atoms with Gasteiger partial charge in [-0.15, -0.1) is 0 Å². The van der Waals surface area contributed by atoms with Crippen molar-refractivity contribution in [2.24, 2.45) is 11.8 Å². The van der Waals surface area contributed by atoms with E-state index in [0.29, 0.717) is 5.92 Å². The van der Waals surface area contributed by atoms with Crippen LogP contribution >= 0.6 is 0 Å². The summed E-state index contributed by atoms with van der Waals surface area (Å²) < 4.78 is 5.13. The van der Waals surface area contributed by atoms with E-state index in [2.05, 4.69) is 12.2 Å². The van der Waals surface area contributed by atoms with Gasteiger partial charge in [0.2, 0.25) is 0 Å². The summed E-state index contributed by atoms with van der Waals surface area (Å²) in [7, 11) is 1.78. The zero-order valence-electron chi connectivity index (χ0n) is 7.60. The molecule has 0 aromatic heterocycles. The molecule has 11 heavy (non-hydrogen) atoms. The third kappa shape index (κ3) is 2.80. The largest absolute Gasteiger partial charge is 0.384 e. The van der Waals surface area contributed by atoms with Crippen molar-refractivity contribution in [2.45, 2.75) is 19.8 Å². The Hall–Kier alpha value is -0.0800. The van der Waals surface area contributed by atoms with Gasteiger partial charge in [0.15, 0.2) is 0 Å². The van der Waals surface area contributed by atoms with Crippen LogP contribution in [0.3, 0.4) is 0 Å². The molecule has 0 aliphatic carbocycles. The summed E-state index contributed by atoms with van der Waals surface area (Å²) in [6.45, 7) is 5.58. The van der Waals surface area contributed by atoms with Crippen LogP contribution in [0, 0.1) is 11.8 Å². The molecule has 2 unspecified atom stereocenters. The molecule has 2 atom stereocenters. The van der Waals surface area contributed by atoms with Gasteiger partial charge in [0.25, 0.3) is 0 Å². The van der Waals surface area contributed by atoms with E-state index in [-0.39, 0.29) is 0 Å². The zero-order chi connectivity index (χ0) is 8.10. The summed E-state index contributed by atoms with van der Waals surface area (Å²) in [6, 6.07) is 0. The van der Waals surface area contributed by atoms with Gasteiger partial charge in [-0.05, 0) is 37.8 Å². The second-order valence-electron chi connectivity index (χ2n) is 3.54. The molecule has 1 rings (SSSR count). The smallest absolute Gasteiger partial charge is 0.0490 e. The molecule has 1 aliphatic heterocycles. The van der Waals surface area contributed by atoms with E-state index in [1.165, 1.54) is 25.9 Å². The van der Waals surface area contributed by atoms with Gasteiger partial charge in [-0.25, -0.2) is 0 Å². The quantitative estimate of drug-likeness (QED) is 0.666. The first-order chi connectivity index (χ1) is 5.34. The molecule has 0 bridgehead atoms. The number of ether oxygens (including phenoxy) is 1. The second kappa shape index (κ2) is 4.73. The van der Waals surface area contributed by atoms with Gasteiger partial charge in [-0.2, -0.15) is 0 Å². The summed E-state index contributed by atoms with van der Waals surface area (Å²) >= 11 is 0. The lowest BCUT2D eigenvalue weighted by molar-refractivity contribution is 0.119. The third-order valence-electron chi connectivity index (χ3n) is 2.57. The minimum Gasteiger partial charge on any atom is -0.384 e. The lowest BCUT2D eigenvalue weighted by atomic mass is 9.88. The Morgan fingerprint density at radius 3 is 3.00 bits per heavy atom. The Balaban J connectivity index is 2.21. The maximum absolute atomic E-state index is 5.13. The lowest BCUT2D eigenvalue weighted by Crippen LogP contribution is -2.34. The molecule has 1 aliphatic rings. The Morgan fingerprint density at radius 2 is 2.45 bits per heavy atom.